The van der Waals surface area contributed by atoms with Crippen molar-refractivity contribution in [3.8, 4) is 5.75 Å². The van der Waals surface area contributed by atoms with Crippen LogP contribution in [0.2, 0.25) is 0 Å². The van der Waals surface area contributed by atoms with E-state index in [1.807, 2.05) is 96.2 Å². The maximum atomic E-state index is 14.8. The third-order valence-corrected chi connectivity index (χ3v) is 9.38. The summed E-state index contributed by atoms with van der Waals surface area (Å²) in [5.74, 6) is -1.22. The lowest BCUT2D eigenvalue weighted by Crippen LogP contribution is -2.49. The van der Waals surface area contributed by atoms with Crippen LogP contribution < -0.4 is 10.1 Å². The number of nitrogens with zero attached hydrogens (tertiary/aromatic N) is 1. The molecule has 7 rings (SSSR count). The molecule has 204 valence electrons. The van der Waals surface area contributed by atoms with Gasteiger partial charge in [-0.1, -0.05) is 67.6 Å². The molecule has 4 aromatic rings. The number of para-hydroxylation sites is 2. The van der Waals surface area contributed by atoms with Gasteiger partial charge in [-0.3, -0.25) is 14.4 Å². The van der Waals surface area contributed by atoms with Gasteiger partial charge in [0.2, 0.25) is 5.91 Å². The number of ketones is 2. The average molecular weight is 561 g/mol. The number of hydrogen-bond acceptors (Lipinski definition) is 6. The van der Waals surface area contributed by atoms with Gasteiger partial charge in [0.15, 0.2) is 11.6 Å². The van der Waals surface area contributed by atoms with Crippen LogP contribution in [0, 0.1) is 5.92 Å². The molecule has 1 spiro atoms. The largest absolute Gasteiger partial charge is 0.493 e. The number of thiophene rings is 1. The Morgan fingerprint density at radius 1 is 0.951 bits per heavy atom. The van der Waals surface area contributed by atoms with Gasteiger partial charge in [-0.25, -0.2) is 0 Å². The Morgan fingerprint density at radius 2 is 1.73 bits per heavy atom. The van der Waals surface area contributed by atoms with Gasteiger partial charge in [-0.2, -0.15) is 0 Å². The molecule has 3 aliphatic rings. The van der Waals surface area contributed by atoms with E-state index in [1.54, 1.807) is 18.2 Å². The highest BCUT2D eigenvalue weighted by atomic mass is 32.1. The lowest BCUT2D eigenvalue weighted by molar-refractivity contribution is -0.122. The molecule has 4 heterocycles. The number of Topliss-reactive ketones (excluding diaryl/α,β-unsaturated/α-hetero) is 2. The van der Waals surface area contributed by atoms with Crippen LogP contribution in [-0.2, 0) is 10.2 Å². The first-order valence-electron chi connectivity index (χ1n) is 13.9. The molecule has 6 nitrogen and oxygen atoms in total. The third kappa shape index (κ3) is 3.65. The summed E-state index contributed by atoms with van der Waals surface area (Å²) in [5.41, 5.74) is 2.37. The molecule has 0 aliphatic carbocycles. The number of fused-ring (bicyclic) bond motifs is 6. The second kappa shape index (κ2) is 9.85. The Kier molecular flexibility index (Phi) is 6.12. The second-order valence-electron chi connectivity index (χ2n) is 10.6. The zero-order valence-electron chi connectivity index (χ0n) is 22.4. The number of carbonyl (C=O) groups is 3. The van der Waals surface area contributed by atoms with Crippen molar-refractivity contribution >= 4 is 40.6 Å². The minimum Gasteiger partial charge on any atom is -0.493 e. The molecule has 0 unspecified atom stereocenters. The molecule has 7 heteroatoms. The number of nitrogens with one attached hydrogen (secondary N) is 1. The van der Waals surface area contributed by atoms with E-state index in [0.717, 1.165) is 23.1 Å². The summed E-state index contributed by atoms with van der Waals surface area (Å²) in [4.78, 5) is 46.4. The molecule has 1 saturated heterocycles. The Balaban J connectivity index is 1.51. The van der Waals surface area contributed by atoms with Crippen molar-refractivity contribution in [3.05, 3.63) is 124 Å². The fourth-order valence-electron chi connectivity index (χ4n) is 6.91. The van der Waals surface area contributed by atoms with Gasteiger partial charge in [0.1, 0.15) is 17.2 Å². The number of benzene rings is 3. The summed E-state index contributed by atoms with van der Waals surface area (Å²) in [6.07, 6.45) is 4.65. The highest BCUT2D eigenvalue weighted by Crippen LogP contribution is 2.62. The fourth-order valence-corrected chi connectivity index (χ4v) is 7.61. The average Bonchev–Trinajstić information content (AvgIpc) is 3.72. The van der Waals surface area contributed by atoms with Crippen molar-refractivity contribution in [2.45, 2.75) is 30.8 Å². The molecular formula is C34H28N2O4S. The fraction of sp³-hybridized carbons (Fsp3) is 0.206. The van der Waals surface area contributed by atoms with Crippen molar-refractivity contribution < 1.29 is 19.1 Å². The molecule has 0 radical (unpaired) electrons. The van der Waals surface area contributed by atoms with Crippen LogP contribution in [0.4, 0.5) is 5.69 Å². The first-order chi connectivity index (χ1) is 20.1. The lowest BCUT2D eigenvalue weighted by Gasteiger charge is -2.38. The highest BCUT2D eigenvalue weighted by Gasteiger charge is 2.71. The van der Waals surface area contributed by atoms with Crippen molar-refractivity contribution in [1.82, 2.24) is 4.90 Å². The molecule has 41 heavy (non-hydrogen) atoms. The number of carbonyl (C=O) groups excluding carboxylic acids is 3. The smallest absolute Gasteiger partial charge is 0.238 e. The minimum atomic E-state index is -1.34. The van der Waals surface area contributed by atoms with Crippen LogP contribution in [0.1, 0.15) is 56.1 Å². The van der Waals surface area contributed by atoms with Gasteiger partial charge in [-0.15, -0.1) is 11.3 Å². The summed E-state index contributed by atoms with van der Waals surface area (Å²) >= 11 is 1.33. The first kappa shape index (κ1) is 25.5. The molecule has 3 aliphatic heterocycles. The Hall–Kier alpha value is -4.49. The summed E-state index contributed by atoms with van der Waals surface area (Å²) in [6, 6.07) is 24.8. The molecular weight excluding hydrogens is 532 g/mol. The zero-order valence-corrected chi connectivity index (χ0v) is 23.3. The number of rotatable bonds is 7. The number of amides is 1. The number of hydrogen-bond donors (Lipinski definition) is 1. The zero-order chi connectivity index (χ0) is 28.1. The van der Waals surface area contributed by atoms with Gasteiger partial charge >= 0.3 is 0 Å². The standard InChI is InChI=1S/C34H28N2O4S/c1-2-19-40-26-15-8-5-12-23(26)30(37)29-28(31(38)27-16-9-20-41-27)34(24-13-6-7-14-25(24)35-33(34)39)32-22-11-4-3-10-21(22)17-18-36(29)32/h3-18,20,28-29,32H,2,19H2,1H3,(H,35,39)/t28-,29+,32+,34+/m1/s1. The molecule has 1 fully saturated rings. The topological polar surface area (TPSA) is 75.7 Å². The van der Waals surface area contributed by atoms with Gasteiger partial charge in [0.05, 0.1) is 29.0 Å². The molecule has 0 bridgehead atoms. The molecule has 1 aromatic heterocycles. The van der Waals surface area contributed by atoms with Gasteiger partial charge < -0.3 is 15.0 Å². The summed E-state index contributed by atoms with van der Waals surface area (Å²) in [6.45, 7) is 2.48. The van der Waals surface area contributed by atoms with E-state index in [2.05, 4.69) is 5.32 Å². The molecule has 1 amide bonds. The van der Waals surface area contributed by atoms with Crippen molar-refractivity contribution in [2.24, 2.45) is 5.92 Å². The van der Waals surface area contributed by atoms with Crippen molar-refractivity contribution in [2.75, 3.05) is 11.9 Å². The molecule has 0 saturated carbocycles. The summed E-state index contributed by atoms with van der Waals surface area (Å²) in [5, 5.41) is 4.94. The number of anilines is 1. The summed E-state index contributed by atoms with van der Waals surface area (Å²) < 4.78 is 6.00. The SMILES string of the molecule is CCCOc1ccccc1C(=O)[C@@H]1[C@H](C(=O)c2cccs2)[C@]2(C(=O)Nc3ccccc32)[C@@H]2c3ccccc3C=CN12. The summed E-state index contributed by atoms with van der Waals surface area (Å²) in [7, 11) is 0. The second-order valence-corrected chi connectivity index (χ2v) is 11.6. The van der Waals surface area contributed by atoms with Crippen LogP contribution in [0.25, 0.3) is 6.08 Å². The molecule has 1 N–H and O–H groups in total. The predicted octanol–water partition coefficient (Wildman–Crippen LogP) is 6.52. The normalized spacial score (nSPS) is 23.6. The maximum absolute atomic E-state index is 14.8. The Morgan fingerprint density at radius 3 is 2.56 bits per heavy atom. The van der Waals surface area contributed by atoms with E-state index in [9.17, 15) is 14.4 Å². The Bertz CT molecular complexity index is 1710. The van der Waals surface area contributed by atoms with Crippen LogP contribution in [0.15, 0.2) is 96.5 Å². The predicted molar refractivity (Wildman–Crippen MR) is 159 cm³/mol. The minimum absolute atomic E-state index is 0.211. The van der Waals surface area contributed by atoms with Gasteiger partial charge in [0.25, 0.3) is 0 Å². The third-order valence-electron chi connectivity index (χ3n) is 8.50. The van der Waals surface area contributed by atoms with E-state index < -0.39 is 23.4 Å². The van der Waals surface area contributed by atoms with E-state index in [-0.39, 0.29) is 17.5 Å². The van der Waals surface area contributed by atoms with Crippen LogP contribution in [0.5, 0.6) is 5.75 Å². The lowest BCUT2D eigenvalue weighted by atomic mass is 9.63. The van der Waals surface area contributed by atoms with E-state index in [0.29, 0.717) is 28.5 Å². The van der Waals surface area contributed by atoms with Gasteiger partial charge in [0, 0.05) is 11.9 Å². The van der Waals surface area contributed by atoms with E-state index >= 15 is 0 Å². The highest BCUT2D eigenvalue weighted by molar-refractivity contribution is 7.12. The quantitative estimate of drug-likeness (QED) is 0.261. The number of ether oxygens (including phenoxy) is 1. The van der Waals surface area contributed by atoms with Crippen LogP contribution in [0.3, 0.4) is 0 Å². The van der Waals surface area contributed by atoms with Crippen LogP contribution in [-0.4, -0.2) is 35.0 Å². The van der Waals surface area contributed by atoms with Crippen LogP contribution >= 0.6 is 11.3 Å². The van der Waals surface area contributed by atoms with Crippen molar-refractivity contribution in [1.29, 1.82) is 0 Å². The van der Waals surface area contributed by atoms with E-state index in [1.165, 1.54) is 11.3 Å². The first-order valence-corrected chi connectivity index (χ1v) is 14.7. The molecule has 4 atom stereocenters. The maximum Gasteiger partial charge on any atom is 0.238 e. The van der Waals surface area contributed by atoms with Crippen molar-refractivity contribution in [3.63, 3.8) is 0 Å². The Labute approximate surface area is 242 Å². The monoisotopic (exact) mass is 560 g/mol. The van der Waals surface area contributed by atoms with E-state index in [4.69, 9.17) is 4.74 Å². The van der Waals surface area contributed by atoms with Gasteiger partial charge in [-0.05, 0) is 58.8 Å². The molecule has 3 aromatic carbocycles.